The van der Waals surface area contributed by atoms with Crippen LogP contribution in [0.5, 0.6) is 0 Å². The first-order chi connectivity index (χ1) is 16.3. The quantitative estimate of drug-likeness (QED) is 0.570. The molecule has 2 atom stereocenters. The number of carbonyl (C=O) groups is 1. The molecule has 2 unspecified atom stereocenters. The molecule has 2 aromatic rings. The lowest BCUT2D eigenvalue weighted by molar-refractivity contribution is -0.118. The molecule has 1 saturated heterocycles. The van der Waals surface area contributed by atoms with E-state index >= 15 is 0 Å². The van der Waals surface area contributed by atoms with Crippen molar-refractivity contribution in [2.75, 3.05) is 35.9 Å². The van der Waals surface area contributed by atoms with Crippen LogP contribution >= 0.6 is 0 Å². The highest BCUT2D eigenvalue weighted by Crippen LogP contribution is 2.26. The molecule has 2 aromatic carbocycles. The van der Waals surface area contributed by atoms with E-state index in [1.54, 1.807) is 51.1 Å². The molecule has 1 aliphatic heterocycles. The Hall–Kier alpha value is -2.98. The average Bonchev–Trinajstić information content (AvgIpc) is 2.74. The molecule has 0 spiro atoms. The first-order valence-electron chi connectivity index (χ1n) is 10.9. The van der Waals surface area contributed by atoms with Gasteiger partial charge in [-0.15, -0.1) is 0 Å². The summed E-state index contributed by atoms with van der Waals surface area (Å²) in [7, 11) is -7.27. The van der Waals surface area contributed by atoms with Crippen LogP contribution in [0.4, 0.5) is 11.4 Å². The zero-order valence-corrected chi connectivity index (χ0v) is 21.6. The number of benzene rings is 2. The molecule has 1 amide bonds. The highest BCUT2D eigenvalue weighted by molar-refractivity contribution is 7.92. The van der Waals surface area contributed by atoms with Gasteiger partial charge in [0, 0.05) is 30.9 Å². The standard InChI is InChI=1S/C23H29N5O5S2/c1-16-8-9-20(26-34(4,30)31)11-22(16)25-23(29)15-27-13-17(2)28(18(3)14-27)35(32,33)21-7-5-6-19(10-21)12-24/h5-11,17-18,26H,13-15H2,1-4H3,(H,25,29). The number of piperazine rings is 1. The van der Waals surface area contributed by atoms with E-state index in [0.717, 1.165) is 11.8 Å². The van der Waals surface area contributed by atoms with Crippen molar-refractivity contribution in [1.29, 1.82) is 5.26 Å². The molecule has 0 aliphatic carbocycles. The van der Waals surface area contributed by atoms with E-state index in [1.165, 1.54) is 16.4 Å². The fourth-order valence-corrected chi connectivity index (χ4v) is 6.70. The lowest BCUT2D eigenvalue weighted by Gasteiger charge is -2.43. The number of anilines is 2. The molecule has 0 bridgehead atoms. The van der Waals surface area contributed by atoms with E-state index in [-0.39, 0.29) is 22.9 Å². The van der Waals surface area contributed by atoms with Crippen LogP contribution in [0.2, 0.25) is 0 Å². The summed E-state index contributed by atoms with van der Waals surface area (Å²) in [5.74, 6) is -0.290. The molecule has 2 N–H and O–H groups in total. The maximum absolute atomic E-state index is 13.3. The minimum absolute atomic E-state index is 0.0512. The summed E-state index contributed by atoms with van der Waals surface area (Å²) in [5, 5.41) is 11.9. The molecule has 10 nitrogen and oxygen atoms in total. The third kappa shape index (κ3) is 6.58. The van der Waals surface area contributed by atoms with Crippen molar-refractivity contribution in [2.24, 2.45) is 0 Å². The average molecular weight is 520 g/mol. The second-order valence-electron chi connectivity index (χ2n) is 8.82. The fraction of sp³-hybridized carbons (Fsp3) is 0.391. The largest absolute Gasteiger partial charge is 0.325 e. The van der Waals surface area contributed by atoms with Crippen LogP contribution in [0.1, 0.15) is 25.0 Å². The van der Waals surface area contributed by atoms with Gasteiger partial charge in [-0.3, -0.25) is 14.4 Å². The van der Waals surface area contributed by atoms with Crippen LogP contribution in [0.25, 0.3) is 0 Å². The summed E-state index contributed by atoms with van der Waals surface area (Å²) >= 11 is 0. The first kappa shape index (κ1) is 26.6. The van der Waals surface area contributed by atoms with Crippen molar-refractivity contribution in [3.05, 3.63) is 53.6 Å². The summed E-state index contributed by atoms with van der Waals surface area (Å²) in [6, 6.07) is 12.0. The van der Waals surface area contributed by atoms with Crippen molar-refractivity contribution in [2.45, 2.75) is 37.8 Å². The van der Waals surface area contributed by atoms with Gasteiger partial charge >= 0.3 is 0 Å². The normalized spacial score (nSPS) is 19.6. The third-order valence-corrected chi connectivity index (χ3v) is 8.37. The number of nitriles is 1. The molecule has 1 aliphatic rings. The number of hydrogen-bond acceptors (Lipinski definition) is 7. The Balaban J connectivity index is 1.69. The molecule has 0 aromatic heterocycles. The van der Waals surface area contributed by atoms with E-state index in [9.17, 15) is 21.6 Å². The summed E-state index contributed by atoms with van der Waals surface area (Å²) in [6.45, 7) is 6.13. The van der Waals surface area contributed by atoms with E-state index in [4.69, 9.17) is 5.26 Å². The Morgan fingerprint density at radius 3 is 2.34 bits per heavy atom. The van der Waals surface area contributed by atoms with E-state index in [1.807, 2.05) is 11.0 Å². The van der Waals surface area contributed by atoms with Gasteiger partial charge in [-0.05, 0) is 56.7 Å². The molecule has 1 fully saturated rings. The van der Waals surface area contributed by atoms with E-state index in [0.29, 0.717) is 24.5 Å². The molecule has 0 radical (unpaired) electrons. The van der Waals surface area contributed by atoms with Gasteiger partial charge in [0.25, 0.3) is 0 Å². The van der Waals surface area contributed by atoms with Crippen LogP contribution in [-0.4, -0.2) is 69.9 Å². The summed E-state index contributed by atoms with van der Waals surface area (Å²) in [5.41, 5.74) is 1.88. The second kappa shape index (κ2) is 10.3. The molecule has 35 heavy (non-hydrogen) atoms. The smallest absolute Gasteiger partial charge is 0.243 e. The van der Waals surface area contributed by atoms with Crippen LogP contribution < -0.4 is 10.0 Å². The van der Waals surface area contributed by atoms with Crippen LogP contribution in [0.3, 0.4) is 0 Å². The summed E-state index contributed by atoms with van der Waals surface area (Å²) < 4.78 is 53.4. The number of carbonyl (C=O) groups excluding carboxylic acids is 1. The number of aryl methyl sites for hydroxylation is 1. The summed E-state index contributed by atoms with van der Waals surface area (Å²) in [6.07, 6.45) is 1.05. The van der Waals surface area contributed by atoms with Crippen molar-refractivity contribution in [3.63, 3.8) is 0 Å². The van der Waals surface area contributed by atoms with Gasteiger partial charge in [0.15, 0.2) is 0 Å². The highest BCUT2D eigenvalue weighted by Gasteiger charge is 2.38. The predicted octanol–water partition coefficient (Wildman–Crippen LogP) is 1.96. The fourth-order valence-electron chi connectivity index (χ4n) is 4.30. The zero-order valence-electron chi connectivity index (χ0n) is 20.0. The van der Waals surface area contributed by atoms with Gasteiger partial charge in [0.1, 0.15) is 0 Å². The lowest BCUT2D eigenvalue weighted by Crippen LogP contribution is -2.59. The summed E-state index contributed by atoms with van der Waals surface area (Å²) in [4.78, 5) is 14.7. The maximum Gasteiger partial charge on any atom is 0.243 e. The Labute approximate surface area is 206 Å². The van der Waals surface area contributed by atoms with Crippen LogP contribution in [0, 0.1) is 18.3 Å². The Kier molecular flexibility index (Phi) is 7.86. The van der Waals surface area contributed by atoms with E-state index < -0.39 is 32.1 Å². The third-order valence-electron chi connectivity index (χ3n) is 5.63. The molecule has 1 heterocycles. The van der Waals surface area contributed by atoms with Gasteiger partial charge in [-0.1, -0.05) is 12.1 Å². The second-order valence-corrected chi connectivity index (χ2v) is 12.4. The van der Waals surface area contributed by atoms with E-state index in [2.05, 4.69) is 10.0 Å². The minimum Gasteiger partial charge on any atom is -0.325 e. The number of nitrogens with one attached hydrogen (secondary N) is 2. The van der Waals surface area contributed by atoms with Gasteiger partial charge in [-0.25, -0.2) is 16.8 Å². The monoisotopic (exact) mass is 519 g/mol. The van der Waals surface area contributed by atoms with Gasteiger partial charge in [0.2, 0.25) is 26.0 Å². The van der Waals surface area contributed by atoms with Crippen molar-refractivity contribution >= 4 is 37.3 Å². The molecule has 3 rings (SSSR count). The van der Waals surface area contributed by atoms with Crippen molar-refractivity contribution in [3.8, 4) is 6.07 Å². The number of amides is 1. The lowest BCUT2D eigenvalue weighted by atomic mass is 10.1. The Bertz CT molecular complexity index is 1360. The minimum atomic E-state index is -3.82. The Morgan fingerprint density at radius 1 is 1.09 bits per heavy atom. The maximum atomic E-state index is 13.3. The zero-order chi connectivity index (χ0) is 26.0. The van der Waals surface area contributed by atoms with Gasteiger partial charge in [-0.2, -0.15) is 9.57 Å². The number of nitrogens with zero attached hydrogens (tertiary/aromatic N) is 3. The highest BCUT2D eigenvalue weighted by atomic mass is 32.2. The van der Waals surface area contributed by atoms with Crippen LogP contribution in [-0.2, 0) is 24.8 Å². The molecule has 0 saturated carbocycles. The predicted molar refractivity (Wildman–Crippen MR) is 134 cm³/mol. The number of rotatable bonds is 7. The van der Waals surface area contributed by atoms with Crippen molar-refractivity contribution < 1.29 is 21.6 Å². The van der Waals surface area contributed by atoms with Gasteiger partial charge in [0.05, 0.1) is 35.0 Å². The number of sulfonamides is 2. The molecule has 188 valence electrons. The molecule has 12 heteroatoms. The van der Waals surface area contributed by atoms with Crippen LogP contribution in [0.15, 0.2) is 47.4 Å². The SMILES string of the molecule is Cc1ccc(NS(C)(=O)=O)cc1NC(=O)CN1CC(C)N(S(=O)(=O)c2cccc(C#N)c2)C(C)C1. The Morgan fingerprint density at radius 2 is 1.74 bits per heavy atom. The van der Waals surface area contributed by atoms with Crippen molar-refractivity contribution in [1.82, 2.24) is 9.21 Å². The van der Waals surface area contributed by atoms with Gasteiger partial charge < -0.3 is 5.32 Å². The first-order valence-corrected chi connectivity index (χ1v) is 14.3. The molecular weight excluding hydrogens is 490 g/mol. The topological polar surface area (TPSA) is 140 Å². The molecular formula is C23H29N5O5S2. The number of hydrogen-bond donors (Lipinski definition) is 2.